The molecule has 0 aliphatic carbocycles. The largest absolute Gasteiger partial charge is 0.454 e. The number of hydrogen-bond acceptors (Lipinski definition) is 6. The number of carbonyl (C=O) groups excluding carboxylic acids is 2. The fourth-order valence-electron chi connectivity index (χ4n) is 3.44. The van der Waals surface area contributed by atoms with E-state index in [9.17, 15) is 9.59 Å². The van der Waals surface area contributed by atoms with Crippen LogP contribution in [0.5, 0.6) is 11.5 Å². The summed E-state index contributed by atoms with van der Waals surface area (Å²) in [5.74, 6) is 0.0461. The molecule has 4 aromatic rings. The number of nitriles is 1. The number of thiazole rings is 1. The van der Waals surface area contributed by atoms with Crippen LogP contribution in [-0.2, 0) is 6.54 Å². The Kier molecular flexibility index (Phi) is 5.72. The number of rotatable bonds is 4. The van der Waals surface area contributed by atoms with E-state index in [1.165, 1.54) is 23.5 Å². The molecule has 2 amide bonds. The molecule has 9 heteroatoms. The molecule has 0 unspecified atom stereocenters. The third kappa shape index (κ3) is 4.22. The molecule has 0 radical (unpaired) electrons. The van der Waals surface area contributed by atoms with Crippen molar-refractivity contribution in [1.29, 1.82) is 5.26 Å². The van der Waals surface area contributed by atoms with E-state index in [4.69, 9.17) is 21.6 Å². The molecule has 3 aromatic carbocycles. The number of hydrogen-bond donors (Lipinski definition) is 2. The van der Waals surface area contributed by atoms with Crippen molar-refractivity contribution in [2.75, 3.05) is 5.32 Å². The number of nitrogens with zero attached hydrogens (tertiary/aromatic N) is 2. The summed E-state index contributed by atoms with van der Waals surface area (Å²) in [5.41, 5.74) is 2.44. The van der Waals surface area contributed by atoms with Crippen LogP contribution in [0.3, 0.4) is 0 Å². The number of anilines is 1. The van der Waals surface area contributed by atoms with Crippen LogP contribution >= 0.6 is 22.9 Å². The molecule has 2 N–H and O–H groups in total. The van der Waals surface area contributed by atoms with Gasteiger partial charge in [-0.15, -0.1) is 11.3 Å². The Morgan fingerprint density at radius 3 is 2.74 bits per heavy atom. The van der Waals surface area contributed by atoms with Gasteiger partial charge in [-0.2, -0.15) is 5.26 Å². The number of aromatic nitrogens is 1. The van der Waals surface area contributed by atoms with Crippen molar-refractivity contribution in [3.8, 4) is 28.1 Å². The topological polar surface area (TPSA) is 104 Å². The van der Waals surface area contributed by atoms with Gasteiger partial charge in [0.05, 0.1) is 40.0 Å². The molecule has 166 valence electrons. The molecule has 0 bridgehead atoms. The Balaban J connectivity index is 1.31. The zero-order valence-corrected chi connectivity index (χ0v) is 19.0. The lowest BCUT2D eigenvalue weighted by atomic mass is 10.1. The van der Waals surface area contributed by atoms with E-state index < -0.39 is 5.91 Å². The van der Waals surface area contributed by atoms with Gasteiger partial charge in [-0.05, 0) is 30.3 Å². The standard InChI is InChI=1S/C25H15ClN4O3S/c26-19-10-22-20(30-24(32)17-3-1-2-4-21(17)33-22)9-18(19)23(31)28-12-16-13-29-25(34-16)15-7-5-14(11-27)6-8-15/h1-10,13H,12H2,(H,28,31)(H,30,32). The summed E-state index contributed by atoms with van der Waals surface area (Å²) >= 11 is 7.82. The highest BCUT2D eigenvalue weighted by molar-refractivity contribution is 7.15. The molecule has 5 rings (SSSR count). The molecule has 0 spiro atoms. The van der Waals surface area contributed by atoms with Gasteiger partial charge in [-0.3, -0.25) is 9.59 Å². The molecule has 1 aliphatic heterocycles. The molecule has 7 nitrogen and oxygen atoms in total. The zero-order chi connectivity index (χ0) is 23.7. The van der Waals surface area contributed by atoms with Crippen LogP contribution in [0.4, 0.5) is 5.69 Å². The summed E-state index contributed by atoms with van der Waals surface area (Å²) in [6.45, 7) is 0.258. The lowest BCUT2D eigenvalue weighted by molar-refractivity contribution is 0.0950. The molecule has 1 aliphatic rings. The maximum atomic E-state index is 12.9. The minimum atomic E-state index is -0.392. The van der Waals surface area contributed by atoms with Crippen molar-refractivity contribution in [2.45, 2.75) is 6.54 Å². The summed E-state index contributed by atoms with van der Waals surface area (Å²) in [6, 6.07) is 19.1. The van der Waals surface area contributed by atoms with Crippen molar-refractivity contribution in [3.05, 3.63) is 93.5 Å². The summed E-state index contributed by atoms with van der Waals surface area (Å²) in [5, 5.41) is 15.5. The lowest BCUT2D eigenvalue weighted by Gasteiger charge is -2.12. The SMILES string of the molecule is N#Cc1ccc(-c2ncc(CNC(=O)c3cc4c(cc3Cl)Oc3ccccc3C(=O)N4)s2)cc1. The molecular formula is C25H15ClN4O3S. The van der Waals surface area contributed by atoms with Crippen LogP contribution in [0.25, 0.3) is 10.6 Å². The third-order valence-corrected chi connectivity index (χ3v) is 6.51. The van der Waals surface area contributed by atoms with Gasteiger partial charge >= 0.3 is 0 Å². The second kappa shape index (κ2) is 8.98. The third-order valence-electron chi connectivity index (χ3n) is 5.15. The molecule has 2 heterocycles. The van der Waals surface area contributed by atoms with Crippen LogP contribution in [0.2, 0.25) is 5.02 Å². The monoisotopic (exact) mass is 486 g/mol. The quantitative estimate of drug-likeness (QED) is 0.389. The Labute approximate surface area is 203 Å². The molecule has 1 aromatic heterocycles. The highest BCUT2D eigenvalue weighted by atomic mass is 35.5. The lowest BCUT2D eigenvalue weighted by Crippen LogP contribution is -2.23. The smallest absolute Gasteiger partial charge is 0.259 e. The first-order valence-electron chi connectivity index (χ1n) is 10.2. The van der Waals surface area contributed by atoms with Crippen LogP contribution < -0.4 is 15.4 Å². The molecule has 0 atom stereocenters. The van der Waals surface area contributed by atoms with Crippen molar-refractivity contribution >= 4 is 40.4 Å². The second-order valence-corrected chi connectivity index (χ2v) is 8.91. The van der Waals surface area contributed by atoms with E-state index in [0.717, 1.165) is 15.4 Å². The van der Waals surface area contributed by atoms with Gasteiger partial charge in [-0.25, -0.2) is 4.98 Å². The Morgan fingerprint density at radius 1 is 1.15 bits per heavy atom. The van der Waals surface area contributed by atoms with Gasteiger partial charge in [0.15, 0.2) is 5.75 Å². The van der Waals surface area contributed by atoms with E-state index in [2.05, 4.69) is 21.7 Å². The van der Waals surface area contributed by atoms with Gasteiger partial charge < -0.3 is 15.4 Å². The first-order valence-corrected chi connectivity index (χ1v) is 11.4. The summed E-state index contributed by atoms with van der Waals surface area (Å²) in [4.78, 5) is 30.7. The van der Waals surface area contributed by atoms with Crippen molar-refractivity contribution in [2.24, 2.45) is 0 Å². The zero-order valence-electron chi connectivity index (χ0n) is 17.5. The maximum absolute atomic E-state index is 12.9. The Bertz CT molecular complexity index is 1470. The maximum Gasteiger partial charge on any atom is 0.259 e. The fraction of sp³-hybridized carbons (Fsp3) is 0.0400. The van der Waals surface area contributed by atoms with Gasteiger partial charge in [0, 0.05) is 22.7 Å². The predicted octanol–water partition coefficient (Wildman–Crippen LogP) is 5.62. The van der Waals surface area contributed by atoms with E-state index in [0.29, 0.717) is 28.3 Å². The number of benzene rings is 3. The number of carbonyl (C=O) groups is 2. The van der Waals surface area contributed by atoms with E-state index in [1.54, 1.807) is 42.6 Å². The van der Waals surface area contributed by atoms with E-state index in [-0.39, 0.29) is 23.0 Å². The normalized spacial score (nSPS) is 11.8. The average Bonchev–Trinajstić information content (AvgIpc) is 3.28. The second-order valence-electron chi connectivity index (χ2n) is 7.38. The number of ether oxygens (including phenoxy) is 1. The Hall–Kier alpha value is -4.19. The fourth-order valence-corrected chi connectivity index (χ4v) is 4.53. The van der Waals surface area contributed by atoms with E-state index in [1.807, 2.05) is 12.1 Å². The first-order chi connectivity index (χ1) is 16.5. The van der Waals surface area contributed by atoms with Crippen LogP contribution in [-0.4, -0.2) is 16.8 Å². The molecule has 0 saturated carbocycles. The molecule has 34 heavy (non-hydrogen) atoms. The number of nitrogens with one attached hydrogen (secondary N) is 2. The number of halogens is 1. The summed E-state index contributed by atoms with van der Waals surface area (Å²) in [6.07, 6.45) is 1.70. The van der Waals surface area contributed by atoms with Gasteiger partial charge in [0.2, 0.25) is 0 Å². The summed E-state index contributed by atoms with van der Waals surface area (Å²) in [7, 11) is 0. The molecule has 0 fully saturated rings. The Morgan fingerprint density at radius 2 is 1.94 bits per heavy atom. The van der Waals surface area contributed by atoms with Gasteiger partial charge in [0.25, 0.3) is 11.8 Å². The van der Waals surface area contributed by atoms with Crippen LogP contribution in [0, 0.1) is 11.3 Å². The number of fused-ring (bicyclic) bond motifs is 2. The first kappa shape index (κ1) is 21.6. The number of para-hydroxylation sites is 1. The molecular weight excluding hydrogens is 472 g/mol. The number of amides is 2. The highest BCUT2D eigenvalue weighted by Gasteiger charge is 2.23. The minimum absolute atomic E-state index is 0.201. The van der Waals surface area contributed by atoms with Gasteiger partial charge in [-0.1, -0.05) is 35.9 Å². The highest BCUT2D eigenvalue weighted by Crippen LogP contribution is 2.38. The van der Waals surface area contributed by atoms with Crippen molar-refractivity contribution in [3.63, 3.8) is 0 Å². The van der Waals surface area contributed by atoms with Crippen molar-refractivity contribution < 1.29 is 14.3 Å². The predicted molar refractivity (Wildman–Crippen MR) is 129 cm³/mol. The van der Waals surface area contributed by atoms with Gasteiger partial charge in [0.1, 0.15) is 10.8 Å². The summed E-state index contributed by atoms with van der Waals surface area (Å²) < 4.78 is 5.85. The van der Waals surface area contributed by atoms with Crippen LogP contribution in [0.15, 0.2) is 66.9 Å². The van der Waals surface area contributed by atoms with Crippen molar-refractivity contribution in [1.82, 2.24) is 10.3 Å². The average molecular weight is 487 g/mol. The molecule has 0 saturated heterocycles. The van der Waals surface area contributed by atoms with Crippen LogP contribution in [0.1, 0.15) is 31.2 Å². The minimum Gasteiger partial charge on any atom is -0.454 e. The van der Waals surface area contributed by atoms with E-state index >= 15 is 0 Å².